The molecule has 0 rings (SSSR count). The van der Waals surface area contributed by atoms with E-state index in [0.29, 0.717) is 36.3 Å². The highest BCUT2D eigenvalue weighted by molar-refractivity contribution is 8.00. The second kappa shape index (κ2) is 22.9. The quantitative estimate of drug-likeness (QED) is 0.0790. The third kappa shape index (κ3) is 16.1. The lowest BCUT2D eigenvalue weighted by Gasteiger charge is -2.36. The summed E-state index contributed by atoms with van der Waals surface area (Å²) in [5, 5.41) is 27.4. The predicted octanol–water partition coefficient (Wildman–Crippen LogP) is 0.660. The third-order valence-electron chi connectivity index (χ3n) is 7.90. The van der Waals surface area contributed by atoms with Crippen LogP contribution < -0.4 is 21.3 Å². The van der Waals surface area contributed by atoms with E-state index in [1.54, 1.807) is 0 Å². The van der Waals surface area contributed by atoms with Crippen LogP contribution in [-0.4, -0.2) is 154 Å². The smallest absolute Gasteiger partial charge is 0.333 e. The van der Waals surface area contributed by atoms with Crippen LogP contribution in [0.5, 0.6) is 0 Å². The van der Waals surface area contributed by atoms with Crippen molar-refractivity contribution in [3.05, 3.63) is 0 Å². The molecule has 0 saturated carbocycles. The first kappa shape index (κ1) is 48.0. The minimum absolute atomic E-state index is 0.0432. The van der Waals surface area contributed by atoms with Gasteiger partial charge in [-0.25, -0.2) is 19.3 Å². The second-order valence-corrected chi connectivity index (χ2v) is 14.8. The standard InChI is InChI=1S/C33H60N8O10S/c1-12-15-24(43)40(10)29(52-17-14-13-16-42)28(47)39(9)23(19-33(5,6)51)26(45)36-31(49)41(11)32(50)37-30(48)35-21(4)27(46)38(8)22(18-20(2)3)25(44)34-7/h20-23,29,42,51H,12-19H2,1-11H3,(H,34,44)(H,36,45,49)(H2,35,37,48,50)/t21-,22-,23-,29+/m0/s1. The molecule has 0 radical (unpaired) electrons. The van der Waals surface area contributed by atoms with E-state index in [-0.39, 0.29) is 37.2 Å². The van der Waals surface area contributed by atoms with Crippen molar-refractivity contribution in [3.8, 4) is 0 Å². The van der Waals surface area contributed by atoms with Crippen LogP contribution in [0.15, 0.2) is 0 Å². The van der Waals surface area contributed by atoms with Crippen LogP contribution in [0, 0.1) is 5.92 Å². The lowest BCUT2D eigenvalue weighted by molar-refractivity contribution is -0.145. The zero-order valence-corrected chi connectivity index (χ0v) is 33.2. The first-order valence-corrected chi connectivity index (χ1v) is 18.2. The molecule has 4 atom stereocenters. The van der Waals surface area contributed by atoms with Crippen molar-refractivity contribution >= 4 is 59.4 Å². The van der Waals surface area contributed by atoms with Crippen molar-refractivity contribution < 1.29 is 48.6 Å². The van der Waals surface area contributed by atoms with Crippen LogP contribution in [0.1, 0.15) is 80.1 Å². The number of imide groups is 3. The summed E-state index contributed by atoms with van der Waals surface area (Å²) in [6, 6.07) is -7.10. The highest BCUT2D eigenvalue weighted by Gasteiger charge is 2.38. The summed E-state index contributed by atoms with van der Waals surface area (Å²) in [7, 11) is 6.59. The molecule has 298 valence electrons. The summed E-state index contributed by atoms with van der Waals surface area (Å²) < 4.78 is 0. The van der Waals surface area contributed by atoms with E-state index in [9.17, 15) is 43.5 Å². The molecule has 0 aliphatic carbocycles. The van der Waals surface area contributed by atoms with Gasteiger partial charge >= 0.3 is 18.1 Å². The van der Waals surface area contributed by atoms with Crippen molar-refractivity contribution in [3.63, 3.8) is 0 Å². The van der Waals surface area contributed by atoms with Gasteiger partial charge in [0.25, 0.3) is 11.8 Å². The Labute approximate surface area is 311 Å². The monoisotopic (exact) mass is 760 g/mol. The lowest BCUT2D eigenvalue weighted by atomic mass is 9.97. The fourth-order valence-electron chi connectivity index (χ4n) is 4.84. The minimum Gasteiger partial charge on any atom is -0.396 e. The molecule has 0 spiro atoms. The molecule has 0 saturated heterocycles. The van der Waals surface area contributed by atoms with Crippen LogP contribution in [-0.2, 0) is 24.0 Å². The largest absolute Gasteiger partial charge is 0.396 e. The van der Waals surface area contributed by atoms with Gasteiger partial charge < -0.3 is 35.5 Å². The predicted molar refractivity (Wildman–Crippen MR) is 196 cm³/mol. The molecule has 52 heavy (non-hydrogen) atoms. The molecule has 0 aromatic rings. The molecule has 19 heteroatoms. The van der Waals surface area contributed by atoms with Crippen molar-refractivity contribution in [2.24, 2.45) is 5.92 Å². The molecule has 0 heterocycles. The van der Waals surface area contributed by atoms with E-state index in [2.05, 4.69) is 10.6 Å². The maximum atomic E-state index is 13.8. The molecule has 18 nitrogen and oxygen atoms in total. The van der Waals surface area contributed by atoms with Crippen molar-refractivity contribution in [2.45, 2.75) is 109 Å². The Morgan fingerprint density at radius 3 is 1.85 bits per heavy atom. The fraction of sp³-hybridized carbons (Fsp3) is 0.758. The number of unbranched alkanes of at least 4 members (excludes halogenated alkanes) is 1. The average Bonchev–Trinajstić information content (AvgIpc) is 3.06. The number of thioether (sulfide) groups is 1. The number of aliphatic hydroxyl groups excluding tert-OH is 1. The summed E-state index contributed by atoms with van der Waals surface area (Å²) in [4.78, 5) is 108. The number of amides is 11. The first-order valence-electron chi connectivity index (χ1n) is 17.2. The Morgan fingerprint density at radius 2 is 1.35 bits per heavy atom. The molecule has 11 amide bonds. The van der Waals surface area contributed by atoms with Crippen LogP contribution in [0.25, 0.3) is 0 Å². The molecular weight excluding hydrogens is 700 g/mol. The van der Waals surface area contributed by atoms with Gasteiger partial charge in [0.15, 0.2) is 5.37 Å². The molecule has 0 aromatic carbocycles. The fourth-order valence-corrected chi connectivity index (χ4v) is 6.08. The average molecular weight is 761 g/mol. The molecule has 0 aliphatic rings. The number of carbonyl (C=O) groups excluding carboxylic acids is 8. The van der Waals surface area contributed by atoms with E-state index in [1.165, 1.54) is 58.8 Å². The summed E-state index contributed by atoms with van der Waals surface area (Å²) in [5.74, 6) is -2.51. The summed E-state index contributed by atoms with van der Waals surface area (Å²) >= 11 is 1.15. The Morgan fingerprint density at radius 1 is 0.788 bits per heavy atom. The van der Waals surface area contributed by atoms with Gasteiger partial charge in [-0.1, -0.05) is 20.8 Å². The van der Waals surface area contributed by atoms with Gasteiger partial charge in [-0.05, 0) is 58.1 Å². The van der Waals surface area contributed by atoms with Gasteiger partial charge in [0.2, 0.25) is 17.7 Å². The van der Waals surface area contributed by atoms with Gasteiger partial charge in [-0.15, -0.1) is 11.8 Å². The number of urea groups is 3. The zero-order valence-electron chi connectivity index (χ0n) is 32.4. The van der Waals surface area contributed by atoms with E-state index in [0.717, 1.165) is 23.7 Å². The molecule has 0 aromatic heterocycles. The number of aliphatic hydroxyl groups is 2. The number of nitrogens with one attached hydrogen (secondary N) is 4. The number of nitrogens with zero attached hydrogens (tertiary/aromatic N) is 4. The number of carbonyl (C=O) groups is 8. The van der Waals surface area contributed by atoms with E-state index in [1.807, 2.05) is 31.4 Å². The summed E-state index contributed by atoms with van der Waals surface area (Å²) in [6.07, 6.45) is 1.78. The second-order valence-electron chi connectivity index (χ2n) is 13.6. The Hall–Kier alpha value is -3.97. The van der Waals surface area contributed by atoms with E-state index in [4.69, 9.17) is 5.11 Å². The van der Waals surface area contributed by atoms with E-state index < -0.39 is 64.9 Å². The molecule has 0 aliphatic heterocycles. The molecular formula is C33H60N8O10S. The summed E-state index contributed by atoms with van der Waals surface area (Å²) in [6.45, 7) is 9.69. The number of likely N-dealkylation sites (N-methyl/N-ethyl adjacent to an activating group) is 4. The number of hydrogen-bond acceptors (Lipinski definition) is 11. The van der Waals surface area contributed by atoms with Crippen LogP contribution in [0.2, 0.25) is 0 Å². The lowest BCUT2D eigenvalue weighted by Crippen LogP contribution is -2.59. The number of rotatable bonds is 19. The molecule has 0 bridgehead atoms. The van der Waals surface area contributed by atoms with Crippen LogP contribution >= 0.6 is 11.8 Å². The normalized spacial score (nSPS) is 13.5. The molecule has 0 fully saturated rings. The van der Waals surface area contributed by atoms with Crippen molar-refractivity contribution in [2.75, 3.05) is 47.6 Å². The maximum Gasteiger partial charge on any atom is 0.333 e. The van der Waals surface area contributed by atoms with E-state index >= 15 is 0 Å². The Balaban J connectivity index is 5.82. The third-order valence-corrected chi connectivity index (χ3v) is 9.25. The highest BCUT2D eigenvalue weighted by atomic mass is 32.2. The minimum atomic E-state index is -1.51. The Kier molecular flexibility index (Phi) is 21.1. The van der Waals surface area contributed by atoms with Gasteiger partial charge in [0.1, 0.15) is 18.1 Å². The van der Waals surface area contributed by atoms with Gasteiger partial charge in [0, 0.05) is 54.7 Å². The first-order chi connectivity index (χ1) is 24.0. The van der Waals surface area contributed by atoms with Crippen LogP contribution in [0.4, 0.5) is 14.4 Å². The van der Waals surface area contributed by atoms with Crippen molar-refractivity contribution in [1.29, 1.82) is 0 Å². The molecule has 6 N–H and O–H groups in total. The SMILES string of the molecule is CCCC(=O)N(C)[C@H](SCCCCO)C(=O)N(C)[C@@H](CC(C)(C)O)C(=O)NC(=O)N(C)C(=O)NC(=O)N[C@@H](C)C(=O)N(C)[C@@H](CC(C)C)C(=O)NC. The van der Waals surface area contributed by atoms with Gasteiger partial charge in [-0.3, -0.25) is 34.6 Å². The number of hydrogen-bond donors (Lipinski definition) is 6. The highest BCUT2D eigenvalue weighted by Crippen LogP contribution is 2.23. The topological polar surface area (TPSA) is 238 Å². The van der Waals surface area contributed by atoms with Gasteiger partial charge in [0.05, 0.1) is 5.60 Å². The van der Waals surface area contributed by atoms with Gasteiger partial charge in [-0.2, -0.15) is 0 Å². The van der Waals surface area contributed by atoms with Crippen molar-refractivity contribution in [1.82, 2.24) is 40.9 Å². The zero-order chi connectivity index (χ0) is 40.5. The van der Waals surface area contributed by atoms with Crippen LogP contribution in [0.3, 0.4) is 0 Å². The Bertz CT molecular complexity index is 1260. The maximum absolute atomic E-state index is 13.8. The summed E-state index contributed by atoms with van der Waals surface area (Å²) in [5.41, 5.74) is -1.51. The molecule has 0 unspecified atom stereocenters.